The number of fused-ring (bicyclic) bond motifs is 4. The Bertz CT molecular complexity index is 892. The normalized spacial score (nSPS) is 18.9. The Hall–Kier alpha value is -1.58. The van der Waals surface area contributed by atoms with Gasteiger partial charge in [-0.3, -0.25) is 0 Å². The van der Waals surface area contributed by atoms with E-state index < -0.39 is 8.32 Å². The van der Waals surface area contributed by atoms with E-state index in [2.05, 4.69) is 64.2 Å². The lowest BCUT2D eigenvalue weighted by molar-refractivity contribution is 0.215. The van der Waals surface area contributed by atoms with E-state index in [9.17, 15) is 0 Å². The Morgan fingerprint density at radius 1 is 0.929 bits per heavy atom. The van der Waals surface area contributed by atoms with E-state index in [0.717, 1.165) is 12.2 Å². The molecule has 3 heteroatoms. The number of hydrogen-bond acceptors (Lipinski definition) is 2. The van der Waals surface area contributed by atoms with E-state index in [1.54, 1.807) is 18.2 Å². The molecular formula is C25H34O2Si. The van der Waals surface area contributed by atoms with E-state index in [1.165, 1.54) is 47.9 Å². The van der Waals surface area contributed by atoms with Gasteiger partial charge in [-0.05, 0) is 77.7 Å². The molecule has 0 amide bonds. The van der Waals surface area contributed by atoms with Gasteiger partial charge in [0.15, 0.2) is 8.32 Å². The summed E-state index contributed by atoms with van der Waals surface area (Å²) < 4.78 is 12.9. The van der Waals surface area contributed by atoms with Crippen molar-refractivity contribution < 1.29 is 9.16 Å². The summed E-state index contributed by atoms with van der Waals surface area (Å²) in [5, 5.41) is 0.179. The first-order valence-electron chi connectivity index (χ1n) is 10.7. The number of methoxy groups -OCH3 is 1. The molecule has 2 aliphatic rings. The van der Waals surface area contributed by atoms with Crippen molar-refractivity contribution >= 4 is 8.32 Å². The molecule has 1 atom stereocenters. The van der Waals surface area contributed by atoms with Crippen molar-refractivity contribution in [2.75, 3.05) is 7.11 Å². The van der Waals surface area contributed by atoms with Crippen LogP contribution in [0.3, 0.4) is 0 Å². The molecule has 2 aromatic carbocycles. The number of benzene rings is 2. The van der Waals surface area contributed by atoms with Crippen molar-refractivity contribution in [3.63, 3.8) is 0 Å². The van der Waals surface area contributed by atoms with Crippen molar-refractivity contribution in [1.82, 2.24) is 0 Å². The van der Waals surface area contributed by atoms with Gasteiger partial charge >= 0.3 is 0 Å². The first-order valence-corrected chi connectivity index (χ1v) is 13.6. The lowest BCUT2D eigenvalue weighted by Gasteiger charge is -2.42. The summed E-state index contributed by atoms with van der Waals surface area (Å²) in [6.45, 7) is 11.7. The zero-order valence-electron chi connectivity index (χ0n) is 18.3. The molecule has 0 saturated carbocycles. The average molecular weight is 395 g/mol. The van der Waals surface area contributed by atoms with Crippen LogP contribution >= 0.6 is 0 Å². The zero-order valence-corrected chi connectivity index (χ0v) is 19.3. The van der Waals surface area contributed by atoms with Gasteiger partial charge in [0.05, 0.1) is 13.2 Å². The fourth-order valence-electron chi connectivity index (χ4n) is 4.53. The number of ether oxygens (including phenoxy) is 1. The second-order valence-electron chi connectivity index (χ2n) is 9.95. The number of hydrogen-bond donors (Lipinski definition) is 0. The summed E-state index contributed by atoms with van der Waals surface area (Å²) in [5.74, 6) is 0.990. The molecule has 0 aliphatic heterocycles. The SMILES string of the molecule is COc1cccc2c1Cc1ccc3c(c1C2O[Si](C)(C)C(C)(C)C)CCCC3. The molecule has 4 rings (SSSR count). The fraction of sp³-hybridized carbons (Fsp3) is 0.520. The van der Waals surface area contributed by atoms with E-state index >= 15 is 0 Å². The van der Waals surface area contributed by atoms with Gasteiger partial charge in [0.1, 0.15) is 5.75 Å². The Morgan fingerprint density at radius 2 is 1.64 bits per heavy atom. The summed E-state index contributed by atoms with van der Waals surface area (Å²) >= 11 is 0. The van der Waals surface area contributed by atoms with E-state index in [4.69, 9.17) is 9.16 Å². The van der Waals surface area contributed by atoms with Gasteiger partial charge in [-0.1, -0.05) is 45.0 Å². The second kappa shape index (κ2) is 7.03. The van der Waals surface area contributed by atoms with Crippen LogP contribution in [-0.2, 0) is 23.7 Å². The van der Waals surface area contributed by atoms with Crippen molar-refractivity contribution in [2.45, 2.75) is 77.1 Å². The maximum atomic E-state index is 7.15. The van der Waals surface area contributed by atoms with Gasteiger partial charge in [0, 0.05) is 12.0 Å². The highest BCUT2D eigenvalue weighted by Crippen LogP contribution is 2.48. The average Bonchev–Trinajstić information content (AvgIpc) is 2.66. The molecule has 0 bridgehead atoms. The molecule has 0 N–H and O–H groups in total. The van der Waals surface area contributed by atoms with Crippen LogP contribution in [0, 0.1) is 0 Å². The minimum Gasteiger partial charge on any atom is -0.496 e. The van der Waals surface area contributed by atoms with E-state index in [0.29, 0.717) is 0 Å². The topological polar surface area (TPSA) is 18.5 Å². The summed E-state index contributed by atoms with van der Waals surface area (Å²) in [6, 6.07) is 11.2. The highest BCUT2D eigenvalue weighted by Gasteiger charge is 2.42. The van der Waals surface area contributed by atoms with Gasteiger partial charge in [-0.2, -0.15) is 0 Å². The molecule has 0 aromatic heterocycles. The van der Waals surface area contributed by atoms with Gasteiger partial charge in [0.25, 0.3) is 0 Å². The predicted molar refractivity (Wildman–Crippen MR) is 119 cm³/mol. The molecule has 2 aliphatic carbocycles. The third-order valence-electron chi connectivity index (χ3n) is 7.19. The highest BCUT2D eigenvalue weighted by molar-refractivity contribution is 6.74. The van der Waals surface area contributed by atoms with Crippen molar-refractivity contribution in [3.8, 4) is 5.75 Å². The van der Waals surface area contributed by atoms with Crippen LogP contribution in [0.4, 0.5) is 0 Å². The molecule has 2 aromatic rings. The molecule has 0 fully saturated rings. The maximum absolute atomic E-state index is 7.15. The van der Waals surface area contributed by atoms with Crippen LogP contribution in [-0.4, -0.2) is 15.4 Å². The molecule has 0 spiro atoms. The molecule has 0 radical (unpaired) electrons. The highest BCUT2D eigenvalue weighted by atomic mass is 28.4. The monoisotopic (exact) mass is 394 g/mol. The number of aryl methyl sites for hydroxylation is 1. The molecule has 2 nitrogen and oxygen atoms in total. The zero-order chi connectivity index (χ0) is 20.1. The Labute approximate surface area is 171 Å². The van der Waals surface area contributed by atoms with Crippen LogP contribution in [0.25, 0.3) is 0 Å². The van der Waals surface area contributed by atoms with Crippen molar-refractivity contribution in [3.05, 3.63) is 63.7 Å². The lowest BCUT2D eigenvalue weighted by Crippen LogP contribution is -2.43. The standard InChI is InChI=1S/C25H34O2Si/c1-25(2,3)28(5,6)27-24-20-12-9-13-22(26-4)21(20)16-18-15-14-17-10-7-8-11-19(17)23(18)24/h9,12-15,24H,7-8,10-11,16H2,1-6H3. The molecular weight excluding hydrogens is 360 g/mol. The number of rotatable bonds is 3. The maximum Gasteiger partial charge on any atom is 0.193 e. The summed E-state index contributed by atoms with van der Waals surface area (Å²) in [5.41, 5.74) is 8.64. The first-order chi connectivity index (χ1) is 13.2. The Morgan fingerprint density at radius 3 is 2.36 bits per heavy atom. The van der Waals surface area contributed by atoms with Crippen LogP contribution in [0.1, 0.15) is 73.1 Å². The quantitative estimate of drug-likeness (QED) is 0.547. The first kappa shape index (κ1) is 19.7. The predicted octanol–water partition coefficient (Wildman–Crippen LogP) is 6.59. The largest absolute Gasteiger partial charge is 0.496 e. The molecule has 0 saturated heterocycles. The van der Waals surface area contributed by atoms with Gasteiger partial charge in [-0.25, -0.2) is 0 Å². The van der Waals surface area contributed by atoms with Gasteiger partial charge in [0.2, 0.25) is 0 Å². The molecule has 150 valence electrons. The fourth-order valence-corrected chi connectivity index (χ4v) is 5.72. The van der Waals surface area contributed by atoms with Crippen LogP contribution in [0.5, 0.6) is 5.75 Å². The van der Waals surface area contributed by atoms with Crippen molar-refractivity contribution in [1.29, 1.82) is 0 Å². The third kappa shape index (κ3) is 3.23. The van der Waals surface area contributed by atoms with Gasteiger partial charge in [-0.15, -0.1) is 0 Å². The van der Waals surface area contributed by atoms with Gasteiger partial charge < -0.3 is 9.16 Å². The van der Waals surface area contributed by atoms with E-state index in [1.807, 2.05) is 0 Å². The Kier molecular flexibility index (Phi) is 4.95. The summed E-state index contributed by atoms with van der Waals surface area (Å²) in [4.78, 5) is 0. The minimum atomic E-state index is -1.94. The molecule has 0 heterocycles. The lowest BCUT2D eigenvalue weighted by atomic mass is 9.77. The van der Waals surface area contributed by atoms with Crippen LogP contribution in [0.2, 0.25) is 18.1 Å². The van der Waals surface area contributed by atoms with Crippen LogP contribution in [0.15, 0.2) is 30.3 Å². The molecule has 1 unspecified atom stereocenters. The summed E-state index contributed by atoms with van der Waals surface area (Å²) in [6.07, 6.45) is 5.97. The van der Waals surface area contributed by atoms with E-state index in [-0.39, 0.29) is 11.1 Å². The summed E-state index contributed by atoms with van der Waals surface area (Å²) in [7, 11) is -0.163. The van der Waals surface area contributed by atoms with Crippen LogP contribution < -0.4 is 4.74 Å². The third-order valence-corrected chi connectivity index (χ3v) is 11.6. The second-order valence-corrected chi connectivity index (χ2v) is 14.7. The van der Waals surface area contributed by atoms with Crippen molar-refractivity contribution in [2.24, 2.45) is 0 Å². The Balaban J connectivity index is 1.91. The smallest absolute Gasteiger partial charge is 0.193 e. The molecule has 28 heavy (non-hydrogen) atoms. The minimum absolute atomic E-state index is 0.0304.